The summed E-state index contributed by atoms with van der Waals surface area (Å²) in [6.45, 7) is 0. The normalized spacial score (nSPS) is 10.9. The van der Waals surface area contributed by atoms with E-state index in [1.807, 2.05) is 60.8 Å². The van der Waals surface area contributed by atoms with Crippen LogP contribution in [0.4, 0.5) is 5.13 Å². The molecule has 0 fully saturated rings. The highest BCUT2D eigenvalue weighted by molar-refractivity contribution is 7.22. The van der Waals surface area contributed by atoms with E-state index in [0.717, 1.165) is 15.9 Å². The maximum atomic E-state index is 12.7. The van der Waals surface area contributed by atoms with Crippen LogP contribution < -0.4 is 4.90 Å². The first-order valence-corrected chi connectivity index (χ1v) is 8.28. The van der Waals surface area contributed by atoms with E-state index in [1.165, 1.54) is 11.3 Å². The molecule has 6 heteroatoms. The quantitative estimate of drug-likeness (QED) is 0.573. The molecule has 0 bridgehead atoms. The van der Waals surface area contributed by atoms with Crippen molar-refractivity contribution in [3.63, 3.8) is 0 Å². The van der Waals surface area contributed by atoms with Gasteiger partial charge in [0.15, 0.2) is 5.13 Å². The van der Waals surface area contributed by atoms with Gasteiger partial charge in [-0.15, -0.1) is 0 Å². The van der Waals surface area contributed by atoms with Crippen LogP contribution in [0.2, 0.25) is 0 Å². The zero-order valence-electron chi connectivity index (χ0n) is 13.0. The standard InChI is InChI=1S/C18H14N4OS/c1-21(18-20-15-5-2-3-6-16(15)24-18)17(23)13-7-9-14(10-8-13)22-12-4-11-19-22/h2-12H,1H3. The van der Waals surface area contributed by atoms with Crippen molar-refractivity contribution in [2.24, 2.45) is 0 Å². The van der Waals surface area contributed by atoms with Gasteiger partial charge >= 0.3 is 0 Å². The Balaban J connectivity index is 1.60. The van der Waals surface area contributed by atoms with Gasteiger partial charge in [0.2, 0.25) is 0 Å². The summed E-state index contributed by atoms with van der Waals surface area (Å²) in [6, 6.07) is 17.1. The van der Waals surface area contributed by atoms with Crippen LogP contribution in [0.1, 0.15) is 10.4 Å². The van der Waals surface area contributed by atoms with Gasteiger partial charge in [-0.1, -0.05) is 23.5 Å². The molecule has 2 heterocycles. The van der Waals surface area contributed by atoms with Gasteiger partial charge in [-0.3, -0.25) is 9.69 Å². The first-order valence-electron chi connectivity index (χ1n) is 7.46. The summed E-state index contributed by atoms with van der Waals surface area (Å²) in [7, 11) is 1.75. The third-order valence-electron chi connectivity index (χ3n) is 3.76. The fourth-order valence-corrected chi connectivity index (χ4v) is 3.39. The molecule has 0 unspecified atom stereocenters. The summed E-state index contributed by atoms with van der Waals surface area (Å²) in [4.78, 5) is 18.8. The van der Waals surface area contributed by atoms with E-state index in [0.29, 0.717) is 10.7 Å². The van der Waals surface area contributed by atoms with E-state index in [-0.39, 0.29) is 5.91 Å². The lowest BCUT2D eigenvalue weighted by Gasteiger charge is -2.14. The number of thiazole rings is 1. The molecule has 0 aliphatic heterocycles. The second-order valence-corrected chi connectivity index (χ2v) is 6.33. The Kier molecular flexibility index (Phi) is 3.59. The number of carbonyl (C=O) groups is 1. The van der Waals surface area contributed by atoms with Crippen molar-refractivity contribution in [2.75, 3.05) is 11.9 Å². The predicted molar refractivity (Wildman–Crippen MR) is 95.9 cm³/mol. The van der Waals surface area contributed by atoms with Crippen molar-refractivity contribution in [3.05, 3.63) is 72.6 Å². The van der Waals surface area contributed by atoms with Crippen LogP contribution in [0, 0.1) is 0 Å². The molecular weight excluding hydrogens is 320 g/mol. The number of hydrogen-bond donors (Lipinski definition) is 0. The second kappa shape index (κ2) is 5.90. The number of nitrogens with zero attached hydrogens (tertiary/aromatic N) is 4. The third kappa shape index (κ3) is 2.57. The molecule has 4 aromatic rings. The summed E-state index contributed by atoms with van der Waals surface area (Å²) in [5, 5.41) is 4.87. The molecule has 0 aliphatic carbocycles. The van der Waals surface area contributed by atoms with Crippen LogP contribution in [0.3, 0.4) is 0 Å². The zero-order chi connectivity index (χ0) is 16.5. The van der Waals surface area contributed by atoms with Gasteiger partial charge in [-0.2, -0.15) is 5.10 Å². The molecule has 0 spiro atoms. The summed E-state index contributed by atoms with van der Waals surface area (Å²) in [5.41, 5.74) is 2.44. The molecule has 0 saturated heterocycles. The minimum Gasteiger partial charge on any atom is -0.287 e. The molecule has 5 nitrogen and oxygen atoms in total. The number of benzene rings is 2. The third-order valence-corrected chi connectivity index (χ3v) is 4.87. The van der Waals surface area contributed by atoms with Crippen molar-refractivity contribution in [3.8, 4) is 5.69 Å². The molecule has 118 valence electrons. The Morgan fingerprint density at radius 3 is 2.58 bits per heavy atom. The van der Waals surface area contributed by atoms with Gasteiger partial charge in [0.25, 0.3) is 5.91 Å². The summed E-state index contributed by atoms with van der Waals surface area (Å²) < 4.78 is 2.83. The number of hydrogen-bond acceptors (Lipinski definition) is 4. The van der Waals surface area contributed by atoms with Crippen molar-refractivity contribution < 1.29 is 4.79 Å². The van der Waals surface area contributed by atoms with Gasteiger partial charge in [-0.05, 0) is 42.5 Å². The van der Waals surface area contributed by atoms with Gasteiger partial charge < -0.3 is 0 Å². The Morgan fingerprint density at radius 2 is 1.88 bits per heavy atom. The molecule has 0 saturated carbocycles. The maximum absolute atomic E-state index is 12.7. The summed E-state index contributed by atoms with van der Waals surface area (Å²) >= 11 is 1.51. The van der Waals surface area contributed by atoms with Crippen LogP contribution in [-0.2, 0) is 0 Å². The average Bonchev–Trinajstić information content (AvgIpc) is 3.30. The topological polar surface area (TPSA) is 51.0 Å². The lowest BCUT2D eigenvalue weighted by molar-refractivity contribution is 0.0993. The molecule has 4 rings (SSSR count). The highest BCUT2D eigenvalue weighted by Crippen LogP contribution is 2.28. The first kappa shape index (κ1) is 14.6. The van der Waals surface area contributed by atoms with Crippen molar-refractivity contribution in [1.82, 2.24) is 14.8 Å². The molecule has 1 amide bonds. The molecule has 2 aromatic carbocycles. The Bertz CT molecular complexity index is 956. The van der Waals surface area contributed by atoms with Gasteiger partial charge in [0.1, 0.15) is 0 Å². The molecule has 0 radical (unpaired) electrons. The smallest absolute Gasteiger partial charge is 0.259 e. The van der Waals surface area contributed by atoms with Crippen LogP contribution in [0.5, 0.6) is 0 Å². The highest BCUT2D eigenvalue weighted by Gasteiger charge is 2.17. The van der Waals surface area contributed by atoms with E-state index in [9.17, 15) is 4.79 Å². The molecule has 0 N–H and O–H groups in total. The summed E-state index contributed by atoms with van der Waals surface area (Å²) in [5.74, 6) is -0.0823. The molecular formula is C18H14N4OS. The first-order chi connectivity index (χ1) is 11.7. The molecule has 0 atom stereocenters. The van der Waals surface area contributed by atoms with E-state index >= 15 is 0 Å². The lowest BCUT2D eigenvalue weighted by atomic mass is 10.2. The number of amides is 1. The predicted octanol–water partition coefficient (Wildman–Crippen LogP) is 3.76. The minimum absolute atomic E-state index is 0.0823. The summed E-state index contributed by atoms with van der Waals surface area (Å²) in [6.07, 6.45) is 3.59. The van der Waals surface area contributed by atoms with Crippen LogP contribution in [0.15, 0.2) is 67.0 Å². The Morgan fingerprint density at radius 1 is 1.08 bits per heavy atom. The number of anilines is 1. The largest absolute Gasteiger partial charge is 0.287 e. The zero-order valence-corrected chi connectivity index (χ0v) is 13.8. The van der Waals surface area contributed by atoms with Crippen LogP contribution in [0.25, 0.3) is 15.9 Å². The van der Waals surface area contributed by atoms with E-state index in [4.69, 9.17) is 0 Å². The van der Waals surface area contributed by atoms with Crippen LogP contribution in [-0.4, -0.2) is 27.7 Å². The number of carbonyl (C=O) groups excluding carboxylic acids is 1. The molecule has 2 aromatic heterocycles. The molecule has 0 aliphatic rings. The molecule has 24 heavy (non-hydrogen) atoms. The van der Waals surface area contributed by atoms with E-state index in [1.54, 1.807) is 22.8 Å². The van der Waals surface area contributed by atoms with Crippen LogP contribution >= 0.6 is 11.3 Å². The average molecular weight is 334 g/mol. The monoisotopic (exact) mass is 334 g/mol. The van der Waals surface area contributed by atoms with E-state index in [2.05, 4.69) is 10.1 Å². The number of rotatable bonds is 3. The minimum atomic E-state index is -0.0823. The highest BCUT2D eigenvalue weighted by atomic mass is 32.1. The maximum Gasteiger partial charge on any atom is 0.259 e. The SMILES string of the molecule is CN(C(=O)c1ccc(-n2cccn2)cc1)c1nc2ccccc2s1. The van der Waals surface area contributed by atoms with Gasteiger partial charge in [-0.25, -0.2) is 9.67 Å². The number of fused-ring (bicyclic) bond motifs is 1. The van der Waals surface area contributed by atoms with Gasteiger partial charge in [0, 0.05) is 25.0 Å². The van der Waals surface area contributed by atoms with E-state index < -0.39 is 0 Å². The Hall–Kier alpha value is -2.99. The van der Waals surface area contributed by atoms with Crippen molar-refractivity contribution in [1.29, 1.82) is 0 Å². The Labute approximate surface area is 142 Å². The van der Waals surface area contributed by atoms with Crippen molar-refractivity contribution >= 4 is 32.6 Å². The number of para-hydroxylation sites is 1. The fraction of sp³-hybridized carbons (Fsp3) is 0.0556. The van der Waals surface area contributed by atoms with Gasteiger partial charge in [0.05, 0.1) is 15.9 Å². The lowest BCUT2D eigenvalue weighted by Crippen LogP contribution is -2.26. The fourth-order valence-electron chi connectivity index (χ4n) is 2.46. The second-order valence-electron chi connectivity index (χ2n) is 5.33. The van der Waals surface area contributed by atoms with Crippen molar-refractivity contribution in [2.45, 2.75) is 0 Å². The number of aromatic nitrogens is 3.